The average Bonchev–Trinajstić information content (AvgIpc) is 2.09. The summed E-state index contributed by atoms with van der Waals surface area (Å²) in [4.78, 5) is 0. The molecule has 0 saturated heterocycles. The van der Waals surface area contributed by atoms with Gasteiger partial charge in [0, 0.05) is 6.42 Å². The van der Waals surface area contributed by atoms with Gasteiger partial charge in [0.25, 0.3) is 0 Å². The molecule has 1 unspecified atom stereocenters. The molecule has 3 nitrogen and oxygen atoms in total. The van der Waals surface area contributed by atoms with Crippen molar-refractivity contribution in [1.82, 2.24) is 0 Å². The Morgan fingerprint density at radius 3 is 2.46 bits per heavy atom. The van der Waals surface area contributed by atoms with Crippen LogP contribution in [0.15, 0.2) is 24.3 Å². The molecule has 13 heavy (non-hydrogen) atoms. The fourth-order valence-corrected chi connectivity index (χ4v) is 0.988. The summed E-state index contributed by atoms with van der Waals surface area (Å²) in [6, 6.07) is 6.28. The molecule has 1 aromatic rings. The zero-order chi connectivity index (χ0) is 9.68. The van der Waals surface area contributed by atoms with E-state index in [1.54, 1.807) is 12.1 Å². The van der Waals surface area contributed by atoms with Gasteiger partial charge in [-0.2, -0.15) is 0 Å². The lowest BCUT2D eigenvalue weighted by Gasteiger charge is -2.11. The molecule has 0 heterocycles. The number of benzene rings is 1. The van der Waals surface area contributed by atoms with Crippen LogP contribution < -0.4 is 4.74 Å². The molecular weight excluding hydrogens is 168 g/mol. The fourth-order valence-electron chi connectivity index (χ4n) is 0.988. The normalized spacial score (nSPS) is 12.5. The number of aromatic hydroxyl groups is 1. The number of hydrogen-bond acceptors (Lipinski definition) is 3. The van der Waals surface area contributed by atoms with Crippen LogP contribution in [0.5, 0.6) is 11.5 Å². The van der Waals surface area contributed by atoms with Gasteiger partial charge in [-0.25, -0.2) is 0 Å². The molecule has 0 radical (unpaired) electrons. The van der Waals surface area contributed by atoms with Crippen LogP contribution in [0.3, 0.4) is 0 Å². The Bertz CT molecular complexity index is 243. The van der Waals surface area contributed by atoms with Gasteiger partial charge in [-0.15, -0.1) is 0 Å². The summed E-state index contributed by atoms with van der Waals surface area (Å²) in [6.45, 7) is 1.98. The fraction of sp³-hybridized carbons (Fsp3) is 0.400. The summed E-state index contributed by atoms with van der Waals surface area (Å²) in [6.07, 6.45) is 0.731. The molecule has 0 spiro atoms. The second-order valence-corrected chi connectivity index (χ2v) is 2.86. The first-order valence-corrected chi connectivity index (χ1v) is 4.36. The molecule has 72 valence electrons. The minimum Gasteiger partial charge on any atom is -0.508 e. The molecule has 0 fully saturated rings. The highest BCUT2D eigenvalue weighted by Gasteiger charge is 2.03. The molecule has 1 aromatic carbocycles. The second kappa shape index (κ2) is 4.72. The zero-order valence-corrected chi connectivity index (χ0v) is 7.60. The largest absolute Gasteiger partial charge is 0.508 e. The molecule has 0 aliphatic carbocycles. The second-order valence-electron chi connectivity index (χ2n) is 2.86. The predicted molar refractivity (Wildman–Crippen MR) is 49.6 cm³/mol. The molecule has 1 atom stereocenters. The van der Waals surface area contributed by atoms with Gasteiger partial charge in [0.1, 0.15) is 11.5 Å². The van der Waals surface area contributed by atoms with Gasteiger partial charge in [-0.05, 0) is 24.3 Å². The number of hydrogen-bond donors (Lipinski definition) is 2. The molecule has 0 saturated carbocycles. The SMILES string of the molecule is CCCC(O)Oc1ccc(O)cc1. The lowest BCUT2D eigenvalue weighted by atomic mass is 10.3. The molecule has 0 aromatic heterocycles. The Kier molecular flexibility index (Phi) is 3.58. The van der Waals surface area contributed by atoms with Crippen molar-refractivity contribution in [2.24, 2.45) is 0 Å². The third-order valence-corrected chi connectivity index (χ3v) is 1.64. The van der Waals surface area contributed by atoms with Crippen LogP contribution in [0.4, 0.5) is 0 Å². The number of ether oxygens (including phenoxy) is 1. The maximum absolute atomic E-state index is 9.29. The van der Waals surface area contributed by atoms with Crippen molar-refractivity contribution in [1.29, 1.82) is 0 Å². The highest BCUT2D eigenvalue weighted by atomic mass is 16.6. The van der Waals surface area contributed by atoms with Crippen LogP contribution in [0.2, 0.25) is 0 Å². The maximum atomic E-state index is 9.29. The van der Waals surface area contributed by atoms with Gasteiger partial charge in [0.15, 0.2) is 6.29 Å². The van der Waals surface area contributed by atoms with Gasteiger partial charge in [0.05, 0.1) is 0 Å². The van der Waals surface area contributed by atoms with E-state index in [0.29, 0.717) is 12.2 Å². The van der Waals surface area contributed by atoms with E-state index in [0.717, 1.165) is 6.42 Å². The van der Waals surface area contributed by atoms with Gasteiger partial charge >= 0.3 is 0 Å². The van der Waals surface area contributed by atoms with Crippen LogP contribution in [0.25, 0.3) is 0 Å². The van der Waals surface area contributed by atoms with E-state index < -0.39 is 6.29 Å². The first-order valence-electron chi connectivity index (χ1n) is 4.36. The standard InChI is InChI=1S/C10H14O3/c1-2-3-10(12)13-9-6-4-8(11)5-7-9/h4-7,10-12H,2-3H2,1H3. The van der Waals surface area contributed by atoms with Crippen molar-refractivity contribution in [3.05, 3.63) is 24.3 Å². The molecule has 0 amide bonds. The van der Waals surface area contributed by atoms with Gasteiger partial charge in [-0.3, -0.25) is 0 Å². The van der Waals surface area contributed by atoms with Crippen molar-refractivity contribution < 1.29 is 14.9 Å². The number of aliphatic hydroxyl groups is 1. The van der Waals surface area contributed by atoms with Crippen molar-refractivity contribution in [3.8, 4) is 11.5 Å². The van der Waals surface area contributed by atoms with Crippen LogP contribution in [0, 0.1) is 0 Å². The molecular formula is C10H14O3. The van der Waals surface area contributed by atoms with E-state index in [1.807, 2.05) is 6.92 Å². The molecule has 0 bridgehead atoms. The lowest BCUT2D eigenvalue weighted by molar-refractivity contribution is -0.0233. The molecule has 2 N–H and O–H groups in total. The Hall–Kier alpha value is -1.22. The summed E-state index contributed by atoms with van der Waals surface area (Å²) in [5, 5.41) is 18.3. The van der Waals surface area contributed by atoms with Gasteiger partial charge < -0.3 is 14.9 Å². The molecule has 3 heteroatoms. The zero-order valence-electron chi connectivity index (χ0n) is 7.60. The number of phenols is 1. The summed E-state index contributed by atoms with van der Waals surface area (Å²) >= 11 is 0. The van der Waals surface area contributed by atoms with Crippen molar-refractivity contribution in [2.45, 2.75) is 26.1 Å². The predicted octanol–water partition coefficient (Wildman–Crippen LogP) is 1.89. The van der Waals surface area contributed by atoms with Crippen LogP contribution in [0.1, 0.15) is 19.8 Å². The van der Waals surface area contributed by atoms with E-state index in [9.17, 15) is 5.11 Å². The summed E-state index contributed by atoms with van der Waals surface area (Å²) in [7, 11) is 0. The summed E-state index contributed by atoms with van der Waals surface area (Å²) in [5.74, 6) is 0.760. The molecule has 0 aliphatic heterocycles. The topological polar surface area (TPSA) is 49.7 Å². The number of aliphatic hydroxyl groups excluding tert-OH is 1. The maximum Gasteiger partial charge on any atom is 0.197 e. The van der Waals surface area contributed by atoms with E-state index in [2.05, 4.69) is 0 Å². The van der Waals surface area contributed by atoms with Crippen molar-refractivity contribution in [3.63, 3.8) is 0 Å². The highest BCUT2D eigenvalue weighted by molar-refractivity contribution is 5.30. The monoisotopic (exact) mass is 182 g/mol. The smallest absolute Gasteiger partial charge is 0.197 e. The van der Waals surface area contributed by atoms with E-state index in [-0.39, 0.29) is 5.75 Å². The number of rotatable bonds is 4. The minimum absolute atomic E-state index is 0.192. The van der Waals surface area contributed by atoms with Gasteiger partial charge in [-0.1, -0.05) is 13.3 Å². The first-order chi connectivity index (χ1) is 6.22. The third-order valence-electron chi connectivity index (χ3n) is 1.64. The number of phenolic OH excluding ortho intramolecular Hbond substituents is 1. The first kappa shape index (κ1) is 9.86. The van der Waals surface area contributed by atoms with Crippen LogP contribution in [-0.2, 0) is 0 Å². The van der Waals surface area contributed by atoms with Gasteiger partial charge in [0.2, 0.25) is 0 Å². The van der Waals surface area contributed by atoms with E-state index >= 15 is 0 Å². The minimum atomic E-state index is -0.755. The van der Waals surface area contributed by atoms with Crippen LogP contribution >= 0.6 is 0 Å². The Labute approximate surface area is 77.6 Å². The van der Waals surface area contributed by atoms with E-state index in [1.165, 1.54) is 12.1 Å². The summed E-state index contributed by atoms with van der Waals surface area (Å²) in [5.41, 5.74) is 0. The van der Waals surface area contributed by atoms with Crippen molar-refractivity contribution in [2.75, 3.05) is 0 Å². The van der Waals surface area contributed by atoms with Crippen LogP contribution in [-0.4, -0.2) is 16.5 Å². The van der Waals surface area contributed by atoms with Crippen molar-refractivity contribution >= 4 is 0 Å². The third kappa shape index (κ3) is 3.34. The molecule has 0 aliphatic rings. The quantitative estimate of drug-likeness (QED) is 0.699. The Morgan fingerprint density at radius 1 is 1.31 bits per heavy atom. The highest BCUT2D eigenvalue weighted by Crippen LogP contribution is 2.17. The van der Waals surface area contributed by atoms with E-state index in [4.69, 9.17) is 9.84 Å². The summed E-state index contributed by atoms with van der Waals surface area (Å²) < 4.78 is 5.15. The Balaban J connectivity index is 2.49. The molecule has 1 rings (SSSR count). The lowest BCUT2D eigenvalue weighted by Crippen LogP contribution is -2.14. The average molecular weight is 182 g/mol. The Morgan fingerprint density at radius 2 is 1.92 bits per heavy atom.